The molecule has 156 valence electrons. The van der Waals surface area contributed by atoms with Crippen LogP contribution in [0.3, 0.4) is 0 Å². The molecular formula is C19H14F3N3O4S. The van der Waals surface area contributed by atoms with E-state index >= 15 is 0 Å². The molecular weight excluding hydrogens is 423 g/mol. The number of aromatic nitrogens is 2. The van der Waals surface area contributed by atoms with E-state index in [1.54, 1.807) is 48.5 Å². The van der Waals surface area contributed by atoms with E-state index in [9.17, 15) is 31.2 Å². The second-order valence-corrected chi connectivity index (χ2v) is 7.77. The fourth-order valence-electron chi connectivity index (χ4n) is 2.60. The molecule has 0 aliphatic rings. The van der Waals surface area contributed by atoms with Crippen LogP contribution in [0.15, 0.2) is 59.4 Å². The van der Waals surface area contributed by atoms with Gasteiger partial charge in [0.2, 0.25) is 0 Å². The largest absolute Gasteiger partial charge is 0.516 e. The Bertz CT molecular complexity index is 1280. The molecule has 1 aromatic heterocycles. The Morgan fingerprint density at radius 1 is 1.03 bits per heavy atom. The minimum Gasteiger partial charge on any atom is -0.295 e. The van der Waals surface area contributed by atoms with Crippen LogP contribution in [-0.2, 0) is 21.4 Å². The highest BCUT2D eigenvalue weighted by molar-refractivity contribution is 7.90. The monoisotopic (exact) mass is 437 g/mol. The number of carbonyl (C=O) groups is 1. The Kier molecular flexibility index (Phi) is 5.74. The SMILES string of the molecule is O=C(Cn1c(=O)c(/C=C/c2ccccc2)nc2ccccc21)NS(=O)(=O)C(F)(F)F. The lowest BCUT2D eigenvalue weighted by Crippen LogP contribution is -2.43. The molecule has 11 heteroatoms. The van der Waals surface area contributed by atoms with Crippen LogP contribution in [0.4, 0.5) is 13.2 Å². The summed E-state index contributed by atoms with van der Waals surface area (Å²) in [6.07, 6.45) is 3.02. The number of carbonyl (C=O) groups excluding carboxylic acids is 1. The van der Waals surface area contributed by atoms with Crippen molar-refractivity contribution in [3.8, 4) is 0 Å². The van der Waals surface area contributed by atoms with Gasteiger partial charge in [-0.05, 0) is 23.8 Å². The maximum atomic E-state index is 12.8. The summed E-state index contributed by atoms with van der Waals surface area (Å²) in [5.74, 6) is -1.51. The van der Waals surface area contributed by atoms with Gasteiger partial charge in [-0.25, -0.2) is 9.71 Å². The number of fused-ring (bicyclic) bond motifs is 1. The quantitative estimate of drug-likeness (QED) is 0.662. The Labute approximate surface area is 168 Å². The van der Waals surface area contributed by atoms with Gasteiger partial charge >= 0.3 is 15.5 Å². The van der Waals surface area contributed by atoms with Crippen LogP contribution < -0.4 is 10.3 Å². The third-order valence-corrected chi connectivity index (χ3v) is 5.07. The lowest BCUT2D eigenvalue weighted by atomic mass is 10.2. The zero-order valence-electron chi connectivity index (χ0n) is 15.1. The maximum absolute atomic E-state index is 12.8. The number of halogens is 3. The third-order valence-electron chi connectivity index (χ3n) is 3.97. The van der Waals surface area contributed by atoms with Crippen LogP contribution in [0.1, 0.15) is 11.3 Å². The molecule has 3 aromatic rings. The maximum Gasteiger partial charge on any atom is 0.516 e. The number of para-hydroxylation sites is 2. The molecule has 0 atom stereocenters. The van der Waals surface area contributed by atoms with Crippen LogP contribution in [0, 0.1) is 0 Å². The van der Waals surface area contributed by atoms with Crippen LogP contribution in [0.25, 0.3) is 23.2 Å². The van der Waals surface area contributed by atoms with Crippen molar-refractivity contribution in [1.82, 2.24) is 14.3 Å². The van der Waals surface area contributed by atoms with Gasteiger partial charge in [0.15, 0.2) is 0 Å². The topological polar surface area (TPSA) is 98.1 Å². The van der Waals surface area contributed by atoms with Crippen LogP contribution in [-0.4, -0.2) is 29.4 Å². The Morgan fingerprint density at radius 3 is 2.33 bits per heavy atom. The van der Waals surface area contributed by atoms with Gasteiger partial charge in [-0.3, -0.25) is 14.2 Å². The number of benzene rings is 2. The minimum atomic E-state index is -5.88. The Hall–Kier alpha value is -3.47. The van der Waals surface area contributed by atoms with Gasteiger partial charge in [0.1, 0.15) is 12.2 Å². The van der Waals surface area contributed by atoms with Crippen molar-refractivity contribution in [2.24, 2.45) is 0 Å². The molecule has 2 aromatic carbocycles. The predicted molar refractivity (Wildman–Crippen MR) is 104 cm³/mol. The number of nitrogens with one attached hydrogen (secondary N) is 1. The molecule has 0 bridgehead atoms. The number of nitrogens with zero attached hydrogens (tertiary/aromatic N) is 2. The number of amides is 1. The molecule has 0 radical (unpaired) electrons. The van der Waals surface area contributed by atoms with Crippen LogP contribution >= 0.6 is 0 Å². The normalized spacial score (nSPS) is 12.4. The molecule has 0 unspecified atom stereocenters. The molecule has 30 heavy (non-hydrogen) atoms. The summed E-state index contributed by atoms with van der Waals surface area (Å²) in [5, 5.41) is 0. The van der Waals surface area contributed by atoms with Gasteiger partial charge in [0.05, 0.1) is 11.0 Å². The van der Waals surface area contributed by atoms with Crippen molar-refractivity contribution < 1.29 is 26.4 Å². The summed E-state index contributed by atoms with van der Waals surface area (Å²) in [7, 11) is -5.88. The van der Waals surface area contributed by atoms with E-state index < -0.39 is 33.5 Å². The van der Waals surface area contributed by atoms with Crippen molar-refractivity contribution in [3.05, 3.63) is 76.2 Å². The van der Waals surface area contributed by atoms with Crippen molar-refractivity contribution in [2.45, 2.75) is 12.1 Å². The Balaban J connectivity index is 2.01. The van der Waals surface area contributed by atoms with Crippen molar-refractivity contribution in [1.29, 1.82) is 0 Å². The third kappa shape index (κ3) is 4.57. The molecule has 0 fully saturated rings. The first-order valence-electron chi connectivity index (χ1n) is 8.43. The van der Waals surface area contributed by atoms with E-state index in [1.807, 2.05) is 6.07 Å². The van der Waals surface area contributed by atoms with E-state index in [0.29, 0.717) is 5.52 Å². The smallest absolute Gasteiger partial charge is 0.295 e. The fourth-order valence-corrected chi connectivity index (χ4v) is 3.08. The van der Waals surface area contributed by atoms with Gasteiger partial charge < -0.3 is 0 Å². The average molecular weight is 437 g/mol. The fraction of sp³-hybridized carbons (Fsp3) is 0.105. The highest BCUT2D eigenvalue weighted by atomic mass is 32.2. The average Bonchev–Trinajstić information content (AvgIpc) is 2.68. The summed E-state index contributed by atoms with van der Waals surface area (Å²) in [6, 6.07) is 15.1. The van der Waals surface area contributed by atoms with Crippen LogP contribution in [0.2, 0.25) is 0 Å². The van der Waals surface area contributed by atoms with Gasteiger partial charge in [-0.2, -0.15) is 21.6 Å². The van der Waals surface area contributed by atoms with Gasteiger partial charge in [0, 0.05) is 0 Å². The summed E-state index contributed by atoms with van der Waals surface area (Å²) in [5.41, 5.74) is -5.25. The van der Waals surface area contributed by atoms with E-state index in [-0.39, 0.29) is 11.2 Å². The van der Waals surface area contributed by atoms with E-state index in [2.05, 4.69) is 4.98 Å². The van der Waals surface area contributed by atoms with Gasteiger partial charge in [-0.1, -0.05) is 48.5 Å². The lowest BCUT2D eigenvalue weighted by Gasteiger charge is -2.12. The molecule has 3 rings (SSSR count). The highest BCUT2D eigenvalue weighted by Crippen LogP contribution is 2.21. The molecule has 0 aliphatic heterocycles. The van der Waals surface area contributed by atoms with Crippen LogP contribution in [0.5, 0.6) is 0 Å². The highest BCUT2D eigenvalue weighted by Gasteiger charge is 2.47. The van der Waals surface area contributed by atoms with Crippen molar-refractivity contribution in [3.63, 3.8) is 0 Å². The summed E-state index contributed by atoms with van der Waals surface area (Å²) < 4.78 is 61.6. The number of hydrogen-bond acceptors (Lipinski definition) is 5. The second-order valence-electron chi connectivity index (χ2n) is 6.10. The molecule has 0 saturated carbocycles. The molecule has 1 N–H and O–H groups in total. The van der Waals surface area contributed by atoms with Gasteiger partial charge in [-0.15, -0.1) is 0 Å². The van der Waals surface area contributed by atoms with Crippen molar-refractivity contribution in [2.75, 3.05) is 0 Å². The Morgan fingerprint density at radius 2 is 1.67 bits per heavy atom. The molecule has 0 spiro atoms. The van der Waals surface area contributed by atoms with E-state index in [1.165, 1.54) is 12.1 Å². The standard InChI is InChI=1S/C19H14F3N3O4S/c20-19(21,22)30(28,29)24-17(26)12-25-16-9-5-4-8-14(16)23-15(18(25)27)11-10-13-6-2-1-3-7-13/h1-11H,12H2,(H,24,26)/b11-10+. The number of hydrogen-bond donors (Lipinski definition) is 1. The molecule has 0 aliphatic carbocycles. The van der Waals surface area contributed by atoms with E-state index in [4.69, 9.17) is 0 Å². The minimum absolute atomic E-state index is 0.0657. The molecule has 7 nitrogen and oxygen atoms in total. The zero-order chi connectivity index (χ0) is 21.9. The molecule has 1 amide bonds. The summed E-state index contributed by atoms with van der Waals surface area (Å²) in [4.78, 5) is 29.0. The number of alkyl halides is 3. The number of rotatable bonds is 5. The first-order valence-corrected chi connectivity index (χ1v) is 9.91. The lowest BCUT2D eigenvalue weighted by molar-refractivity contribution is -0.120. The molecule has 0 saturated heterocycles. The zero-order valence-corrected chi connectivity index (χ0v) is 15.9. The first kappa shape index (κ1) is 21.2. The summed E-state index contributed by atoms with van der Waals surface area (Å²) >= 11 is 0. The second kappa shape index (κ2) is 8.11. The summed E-state index contributed by atoms with van der Waals surface area (Å²) in [6.45, 7) is -0.941. The first-order chi connectivity index (χ1) is 14.1. The predicted octanol–water partition coefficient (Wildman–Crippen LogP) is 2.53. The number of sulfonamides is 1. The van der Waals surface area contributed by atoms with Gasteiger partial charge in [0.25, 0.3) is 11.5 Å². The van der Waals surface area contributed by atoms with E-state index in [0.717, 1.165) is 14.9 Å². The van der Waals surface area contributed by atoms with Crippen molar-refractivity contribution >= 4 is 39.1 Å². The molecule has 1 heterocycles.